The molecule has 0 spiro atoms. The smallest absolute Gasteiger partial charge is 0.0741 e. The summed E-state index contributed by atoms with van der Waals surface area (Å²) in [6, 6.07) is 12.0. The zero-order valence-electron chi connectivity index (χ0n) is 14.1. The van der Waals surface area contributed by atoms with Gasteiger partial charge in [-0.1, -0.05) is 30.3 Å². The van der Waals surface area contributed by atoms with E-state index in [1.807, 2.05) is 7.11 Å². The van der Waals surface area contributed by atoms with Crippen LogP contribution >= 0.6 is 0 Å². The molecule has 2 fully saturated rings. The minimum absolute atomic E-state index is 0.369. The number of benzene rings is 1. The van der Waals surface area contributed by atoms with Gasteiger partial charge in [-0.25, -0.2) is 0 Å². The highest BCUT2D eigenvalue weighted by Crippen LogP contribution is 2.31. The van der Waals surface area contributed by atoms with Gasteiger partial charge in [0.1, 0.15) is 0 Å². The first-order chi connectivity index (χ1) is 10.8. The minimum Gasteiger partial charge on any atom is -0.380 e. The molecule has 3 nitrogen and oxygen atoms in total. The number of methoxy groups -OCH3 is 1. The zero-order valence-corrected chi connectivity index (χ0v) is 14.1. The van der Waals surface area contributed by atoms with Crippen molar-refractivity contribution in [3.8, 4) is 0 Å². The van der Waals surface area contributed by atoms with Gasteiger partial charge in [0.05, 0.1) is 12.1 Å². The number of hydrogen-bond acceptors (Lipinski definition) is 3. The van der Waals surface area contributed by atoms with Crippen molar-refractivity contribution in [2.45, 2.75) is 56.8 Å². The summed E-state index contributed by atoms with van der Waals surface area (Å²) in [6.07, 6.45) is 6.92. The summed E-state index contributed by atoms with van der Waals surface area (Å²) in [7, 11) is 4.17. The van der Waals surface area contributed by atoms with Gasteiger partial charge >= 0.3 is 0 Å². The van der Waals surface area contributed by atoms with E-state index in [0.29, 0.717) is 18.2 Å². The Morgan fingerprint density at radius 3 is 2.50 bits per heavy atom. The number of nitrogens with zero attached hydrogens (tertiary/aromatic N) is 2. The topological polar surface area (TPSA) is 15.7 Å². The molecule has 122 valence electrons. The molecule has 0 bridgehead atoms. The zero-order chi connectivity index (χ0) is 15.4. The monoisotopic (exact) mass is 302 g/mol. The second-order valence-corrected chi connectivity index (χ2v) is 6.91. The number of likely N-dealkylation sites (N-methyl/N-ethyl adjacent to an activating group) is 1. The molecule has 0 radical (unpaired) electrons. The average molecular weight is 302 g/mol. The van der Waals surface area contributed by atoms with E-state index >= 15 is 0 Å². The summed E-state index contributed by atoms with van der Waals surface area (Å²) >= 11 is 0. The Hall–Kier alpha value is -0.900. The third-order valence-corrected chi connectivity index (χ3v) is 5.46. The fourth-order valence-electron chi connectivity index (χ4n) is 4.40. The molecule has 22 heavy (non-hydrogen) atoms. The molecule has 1 saturated carbocycles. The van der Waals surface area contributed by atoms with Crippen molar-refractivity contribution in [3.05, 3.63) is 35.9 Å². The highest BCUT2D eigenvalue weighted by Gasteiger charge is 2.39. The van der Waals surface area contributed by atoms with Crippen LogP contribution in [-0.2, 0) is 11.3 Å². The van der Waals surface area contributed by atoms with Crippen molar-refractivity contribution in [2.75, 3.05) is 27.2 Å². The number of likely N-dealkylation sites (tertiary alicyclic amines) is 1. The lowest BCUT2D eigenvalue weighted by atomic mass is 9.85. The Labute approximate surface area is 135 Å². The summed E-state index contributed by atoms with van der Waals surface area (Å²) in [5.41, 5.74) is 1.39. The summed E-state index contributed by atoms with van der Waals surface area (Å²) < 4.78 is 5.88. The van der Waals surface area contributed by atoms with Crippen LogP contribution in [0.4, 0.5) is 0 Å². The Morgan fingerprint density at radius 2 is 1.82 bits per heavy atom. The van der Waals surface area contributed by atoms with E-state index in [9.17, 15) is 0 Å². The highest BCUT2D eigenvalue weighted by molar-refractivity contribution is 5.15. The van der Waals surface area contributed by atoms with Gasteiger partial charge < -0.3 is 4.74 Å². The fourth-order valence-corrected chi connectivity index (χ4v) is 4.40. The van der Waals surface area contributed by atoms with Crippen LogP contribution in [0.25, 0.3) is 0 Å². The van der Waals surface area contributed by atoms with Crippen LogP contribution in [0.2, 0.25) is 0 Å². The Morgan fingerprint density at radius 1 is 1.09 bits per heavy atom. The van der Waals surface area contributed by atoms with Crippen LogP contribution in [0.1, 0.15) is 37.7 Å². The van der Waals surface area contributed by atoms with Crippen LogP contribution in [0.15, 0.2) is 30.3 Å². The molecule has 3 heteroatoms. The first-order valence-electron chi connectivity index (χ1n) is 8.80. The summed E-state index contributed by atoms with van der Waals surface area (Å²) in [5, 5.41) is 0. The number of ether oxygens (including phenoxy) is 1. The quantitative estimate of drug-likeness (QED) is 0.831. The van der Waals surface area contributed by atoms with E-state index in [2.05, 4.69) is 47.2 Å². The molecular weight excluding hydrogens is 272 g/mol. The first-order valence-corrected chi connectivity index (χ1v) is 8.80. The van der Waals surface area contributed by atoms with Gasteiger partial charge in [-0.15, -0.1) is 0 Å². The number of hydrogen-bond donors (Lipinski definition) is 0. The van der Waals surface area contributed by atoms with E-state index in [1.165, 1.54) is 50.8 Å². The van der Waals surface area contributed by atoms with E-state index in [0.717, 1.165) is 6.54 Å². The van der Waals surface area contributed by atoms with Gasteiger partial charge in [0.25, 0.3) is 0 Å². The normalized spacial score (nSPS) is 30.0. The van der Waals surface area contributed by atoms with Crippen LogP contribution in [0.5, 0.6) is 0 Å². The molecule has 2 aliphatic rings. The minimum atomic E-state index is 0.369. The molecule has 3 atom stereocenters. The lowest BCUT2D eigenvalue weighted by Crippen LogP contribution is -2.57. The molecule has 1 aliphatic carbocycles. The van der Waals surface area contributed by atoms with Crippen molar-refractivity contribution in [3.63, 3.8) is 0 Å². The summed E-state index contributed by atoms with van der Waals surface area (Å²) in [6.45, 7) is 3.56. The second-order valence-electron chi connectivity index (χ2n) is 6.91. The Balaban J connectivity index is 1.74. The molecule has 1 aliphatic heterocycles. The van der Waals surface area contributed by atoms with Crippen LogP contribution in [0, 0.1) is 0 Å². The van der Waals surface area contributed by atoms with Gasteiger partial charge in [-0.05, 0) is 57.8 Å². The van der Waals surface area contributed by atoms with Crippen LogP contribution in [-0.4, -0.2) is 55.2 Å². The van der Waals surface area contributed by atoms with Crippen LogP contribution < -0.4 is 0 Å². The lowest BCUT2D eigenvalue weighted by molar-refractivity contribution is -0.0458. The van der Waals surface area contributed by atoms with Crippen molar-refractivity contribution in [1.82, 2.24) is 9.80 Å². The van der Waals surface area contributed by atoms with Gasteiger partial charge in [-0.3, -0.25) is 9.80 Å². The molecule has 1 heterocycles. The molecule has 1 aromatic carbocycles. The van der Waals surface area contributed by atoms with Gasteiger partial charge in [-0.2, -0.15) is 0 Å². The summed E-state index contributed by atoms with van der Waals surface area (Å²) in [4.78, 5) is 5.25. The van der Waals surface area contributed by atoms with E-state index in [4.69, 9.17) is 4.74 Å². The predicted molar refractivity (Wildman–Crippen MR) is 90.9 cm³/mol. The third-order valence-electron chi connectivity index (χ3n) is 5.46. The van der Waals surface area contributed by atoms with Crippen molar-refractivity contribution < 1.29 is 4.74 Å². The molecule has 1 aromatic rings. The Bertz CT molecular complexity index is 444. The maximum absolute atomic E-state index is 5.88. The van der Waals surface area contributed by atoms with Gasteiger partial charge in [0.15, 0.2) is 0 Å². The maximum Gasteiger partial charge on any atom is 0.0741 e. The first kappa shape index (κ1) is 16.0. The van der Waals surface area contributed by atoms with Crippen molar-refractivity contribution in [2.24, 2.45) is 0 Å². The van der Waals surface area contributed by atoms with Gasteiger partial charge in [0, 0.05) is 19.7 Å². The molecular formula is C19H30N2O. The average Bonchev–Trinajstić information content (AvgIpc) is 3.09. The summed E-state index contributed by atoms with van der Waals surface area (Å²) in [5.74, 6) is 0. The van der Waals surface area contributed by atoms with E-state index in [-0.39, 0.29) is 0 Å². The standard InChI is InChI=1S/C19H30N2O/c1-20(15-16-9-4-3-5-10-16)19-17(21-13-6-7-14-21)11-8-12-18(19)22-2/h3-5,9-10,17-19H,6-8,11-15H2,1-2H3/t17-,18-,19+/m0/s1. The molecule has 1 saturated heterocycles. The maximum atomic E-state index is 5.88. The largest absolute Gasteiger partial charge is 0.380 e. The number of rotatable bonds is 5. The van der Waals surface area contributed by atoms with Crippen LogP contribution in [0.3, 0.4) is 0 Å². The third kappa shape index (κ3) is 3.53. The SMILES string of the molecule is CO[C@H]1CCC[C@H](N2CCCC2)[C@H]1N(C)Cc1ccccc1. The Kier molecular flexibility index (Phi) is 5.51. The predicted octanol–water partition coefficient (Wildman–Crippen LogP) is 3.15. The molecule has 0 aromatic heterocycles. The molecule has 0 N–H and O–H groups in total. The van der Waals surface area contributed by atoms with Gasteiger partial charge in [0.2, 0.25) is 0 Å². The van der Waals surface area contributed by atoms with Crippen molar-refractivity contribution in [1.29, 1.82) is 0 Å². The molecule has 0 amide bonds. The highest BCUT2D eigenvalue weighted by atomic mass is 16.5. The molecule has 0 unspecified atom stereocenters. The van der Waals surface area contributed by atoms with E-state index in [1.54, 1.807) is 0 Å². The lowest BCUT2D eigenvalue weighted by Gasteiger charge is -2.46. The molecule has 3 rings (SSSR count). The second kappa shape index (κ2) is 7.58. The fraction of sp³-hybridized carbons (Fsp3) is 0.684. The van der Waals surface area contributed by atoms with Crippen molar-refractivity contribution >= 4 is 0 Å². The van der Waals surface area contributed by atoms with E-state index < -0.39 is 0 Å².